The number of rotatable bonds is 5. The second kappa shape index (κ2) is 5.26. The fourth-order valence-corrected chi connectivity index (χ4v) is 1.93. The molecule has 1 rings (SSSR count). The number of hydrogen-bond acceptors (Lipinski definition) is 3. The lowest BCUT2D eigenvalue weighted by Gasteiger charge is -2.26. The van der Waals surface area contributed by atoms with Crippen molar-refractivity contribution in [2.24, 2.45) is 18.9 Å². The summed E-state index contributed by atoms with van der Waals surface area (Å²) in [5, 5.41) is 11.4. The smallest absolute Gasteiger partial charge is 0.0830 e. The van der Waals surface area contributed by atoms with Gasteiger partial charge in [-0.25, -0.2) is 0 Å². The van der Waals surface area contributed by atoms with E-state index >= 15 is 0 Å². The van der Waals surface area contributed by atoms with Crippen LogP contribution in [0.5, 0.6) is 0 Å². The zero-order valence-corrected chi connectivity index (χ0v) is 10.4. The van der Waals surface area contributed by atoms with E-state index < -0.39 is 0 Å². The molecule has 2 unspecified atom stereocenters. The Labute approximate surface area is 92.1 Å². The fraction of sp³-hybridized carbons (Fsp3) is 0.818. The highest BCUT2D eigenvalue weighted by Crippen LogP contribution is 2.19. The van der Waals surface area contributed by atoms with Gasteiger partial charge in [-0.2, -0.15) is 0 Å². The summed E-state index contributed by atoms with van der Waals surface area (Å²) in [6.45, 7) is 6.74. The highest BCUT2D eigenvalue weighted by molar-refractivity contribution is 4.96. The molecule has 1 heterocycles. The summed E-state index contributed by atoms with van der Waals surface area (Å²) in [6, 6.07) is 0.506. The minimum absolute atomic E-state index is 0.506. The second-order valence-corrected chi connectivity index (χ2v) is 4.57. The van der Waals surface area contributed by atoms with Gasteiger partial charge >= 0.3 is 0 Å². The molecule has 2 atom stereocenters. The molecule has 4 heteroatoms. The Morgan fingerprint density at radius 1 is 1.40 bits per heavy atom. The lowest BCUT2D eigenvalue weighted by Crippen LogP contribution is -2.35. The quantitative estimate of drug-likeness (QED) is 0.795. The van der Waals surface area contributed by atoms with E-state index in [0.29, 0.717) is 17.9 Å². The summed E-state index contributed by atoms with van der Waals surface area (Å²) in [5.74, 6) is 1.25. The first-order valence-electron chi connectivity index (χ1n) is 5.57. The zero-order valence-electron chi connectivity index (χ0n) is 10.4. The van der Waals surface area contributed by atoms with Gasteiger partial charge < -0.3 is 5.32 Å². The minimum atomic E-state index is 0.506. The molecule has 0 fully saturated rings. The topological polar surface area (TPSA) is 42.7 Å². The van der Waals surface area contributed by atoms with Crippen molar-refractivity contribution in [1.82, 2.24) is 20.3 Å². The fourth-order valence-electron chi connectivity index (χ4n) is 1.93. The van der Waals surface area contributed by atoms with Crippen LogP contribution in [0.25, 0.3) is 0 Å². The minimum Gasteiger partial charge on any atom is -0.317 e. The SMILES string of the molecule is CNC(C)C(Cc1cn(C)nn1)C(C)C. The Morgan fingerprint density at radius 2 is 2.07 bits per heavy atom. The third kappa shape index (κ3) is 3.30. The average Bonchev–Trinajstić information content (AvgIpc) is 2.59. The Balaban J connectivity index is 2.66. The van der Waals surface area contributed by atoms with Crippen molar-refractivity contribution in [2.75, 3.05) is 7.05 Å². The summed E-state index contributed by atoms with van der Waals surface area (Å²) in [5.41, 5.74) is 1.08. The van der Waals surface area contributed by atoms with Gasteiger partial charge in [-0.1, -0.05) is 19.1 Å². The highest BCUT2D eigenvalue weighted by atomic mass is 15.4. The molecule has 0 amide bonds. The first-order valence-corrected chi connectivity index (χ1v) is 5.57. The van der Waals surface area contributed by atoms with Gasteiger partial charge in [0.05, 0.1) is 5.69 Å². The molecular formula is C11H22N4. The maximum absolute atomic E-state index is 4.14. The van der Waals surface area contributed by atoms with Gasteiger partial charge in [0, 0.05) is 19.3 Å². The molecule has 0 aliphatic heterocycles. The van der Waals surface area contributed by atoms with Crippen molar-refractivity contribution in [1.29, 1.82) is 0 Å². The second-order valence-electron chi connectivity index (χ2n) is 4.57. The molecule has 0 saturated carbocycles. The van der Waals surface area contributed by atoms with Crippen molar-refractivity contribution >= 4 is 0 Å². The molecule has 1 N–H and O–H groups in total. The van der Waals surface area contributed by atoms with Crippen LogP contribution >= 0.6 is 0 Å². The molecule has 0 radical (unpaired) electrons. The molecule has 0 aliphatic carbocycles. The lowest BCUT2D eigenvalue weighted by molar-refractivity contribution is 0.298. The van der Waals surface area contributed by atoms with Crippen molar-refractivity contribution in [3.05, 3.63) is 11.9 Å². The van der Waals surface area contributed by atoms with Crippen molar-refractivity contribution in [3.63, 3.8) is 0 Å². The molecule has 0 saturated heterocycles. The van der Waals surface area contributed by atoms with E-state index in [1.54, 1.807) is 4.68 Å². The third-order valence-electron chi connectivity index (χ3n) is 3.05. The summed E-state index contributed by atoms with van der Waals surface area (Å²) < 4.78 is 1.76. The van der Waals surface area contributed by atoms with Gasteiger partial charge in [-0.05, 0) is 32.2 Å². The Hall–Kier alpha value is -0.900. The van der Waals surface area contributed by atoms with Crippen LogP contribution in [0, 0.1) is 11.8 Å². The highest BCUT2D eigenvalue weighted by Gasteiger charge is 2.21. The summed E-state index contributed by atoms with van der Waals surface area (Å²) in [6.07, 6.45) is 2.99. The largest absolute Gasteiger partial charge is 0.317 e. The van der Waals surface area contributed by atoms with E-state index in [1.165, 1.54) is 0 Å². The van der Waals surface area contributed by atoms with Crippen LogP contribution in [0.3, 0.4) is 0 Å². The van der Waals surface area contributed by atoms with E-state index in [-0.39, 0.29) is 0 Å². The Morgan fingerprint density at radius 3 is 2.47 bits per heavy atom. The standard InChI is InChI=1S/C11H22N4/c1-8(2)11(9(3)12-4)6-10-7-15(5)14-13-10/h7-9,11-12H,6H2,1-5H3. The predicted octanol–water partition coefficient (Wildman–Crippen LogP) is 1.24. The summed E-state index contributed by atoms with van der Waals surface area (Å²) >= 11 is 0. The van der Waals surface area contributed by atoms with E-state index in [1.807, 2.05) is 20.3 Å². The zero-order chi connectivity index (χ0) is 11.4. The maximum atomic E-state index is 4.14. The first kappa shape index (κ1) is 12.2. The Kier molecular flexibility index (Phi) is 4.27. The van der Waals surface area contributed by atoms with E-state index in [2.05, 4.69) is 36.4 Å². The van der Waals surface area contributed by atoms with Crippen molar-refractivity contribution in [2.45, 2.75) is 33.2 Å². The van der Waals surface area contributed by atoms with Crippen LogP contribution in [0.1, 0.15) is 26.5 Å². The molecule has 1 aromatic heterocycles. The van der Waals surface area contributed by atoms with Crippen LogP contribution in [-0.2, 0) is 13.5 Å². The average molecular weight is 210 g/mol. The number of aryl methyl sites for hydroxylation is 1. The van der Waals surface area contributed by atoms with E-state index in [0.717, 1.165) is 12.1 Å². The maximum Gasteiger partial charge on any atom is 0.0830 e. The molecule has 15 heavy (non-hydrogen) atoms. The van der Waals surface area contributed by atoms with E-state index in [4.69, 9.17) is 0 Å². The van der Waals surface area contributed by atoms with Gasteiger partial charge in [-0.15, -0.1) is 5.10 Å². The number of aromatic nitrogens is 3. The van der Waals surface area contributed by atoms with Crippen LogP contribution in [0.2, 0.25) is 0 Å². The molecule has 0 aromatic carbocycles. The van der Waals surface area contributed by atoms with Crippen molar-refractivity contribution < 1.29 is 0 Å². The van der Waals surface area contributed by atoms with Gasteiger partial charge in [0.15, 0.2) is 0 Å². The third-order valence-corrected chi connectivity index (χ3v) is 3.05. The van der Waals surface area contributed by atoms with Gasteiger partial charge in [-0.3, -0.25) is 4.68 Å². The molecule has 1 aromatic rings. The van der Waals surface area contributed by atoms with Crippen LogP contribution in [0.4, 0.5) is 0 Å². The van der Waals surface area contributed by atoms with Crippen LogP contribution < -0.4 is 5.32 Å². The van der Waals surface area contributed by atoms with Gasteiger partial charge in [0.2, 0.25) is 0 Å². The molecule has 0 aliphatic rings. The normalized spacial score (nSPS) is 15.6. The molecule has 0 bridgehead atoms. The summed E-state index contributed by atoms with van der Waals surface area (Å²) in [4.78, 5) is 0. The molecular weight excluding hydrogens is 188 g/mol. The number of nitrogens with zero attached hydrogens (tertiary/aromatic N) is 3. The van der Waals surface area contributed by atoms with Crippen LogP contribution in [-0.4, -0.2) is 28.1 Å². The predicted molar refractivity (Wildman–Crippen MR) is 61.6 cm³/mol. The Bertz CT molecular complexity index is 293. The lowest BCUT2D eigenvalue weighted by atomic mass is 9.85. The van der Waals surface area contributed by atoms with Crippen LogP contribution in [0.15, 0.2) is 6.20 Å². The van der Waals surface area contributed by atoms with Gasteiger partial charge in [0.1, 0.15) is 0 Å². The molecule has 0 spiro atoms. The molecule has 86 valence electrons. The first-order chi connectivity index (χ1) is 7.04. The van der Waals surface area contributed by atoms with Gasteiger partial charge in [0.25, 0.3) is 0 Å². The number of nitrogens with one attached hydrogen (secondary N) is 1. The summed E-state index contributed by atoms with van der Waals surface area (Å²) in [7, 11) is 3.92. The van der Waals surface area contributed by atoms with E-state index in [9.17, 15) is 0 Å². The number of hydrogen-bond donors (Lipinski definition) is 1. The monoisotopic (exact) mass is 210 g/mol. The van der Waals surface area contributed by atoms with Crippen molar-refractivity contribution in [3.8, 4) is 0 Å². The molecule has 4 nitrogen and oxygen atoms in total.